The lowest BCUT2D eigenvalue weighted by molar-refractivity contribution is 0.385. The van der Waals surface area contributed by atoms with Crippen LogP contribution in [0, 0.1) is 0 Å². The van der Waals surface area contributed by atoms with E-state index in [0.29, 0.717) is 0 Å². The third kappa shape index (κ3) is 2.27. The Morgan fingerprint density at radius 3 is 2.89 bits per heavy atom. The van der Waals surface area contributed by atoms with Gasteiger partial charge in [0.25, 0.3) is 0 Å². The molecule has 0 amide bonds. The SMILES string of the molecule is COc1nc(N2CCSCC2)nc2c1CNCC2. The third-order valence-corrected chi connectivity index (χ3v) is 4.31. The minimum Gasteiger partial charge on any atom is -0.481 e. The molecule has 2 aliphatic rings. The Hall–Kier alpha value is -1.01. The van der Waals surface area contributed by atoms with Gasteiger partial charge in [0.1, 0.15) is 0 Å². The highest BCUT2D eigenvalue weighted by atomic mass is 32.2. The van der Waals surface area contributed by atoms with Gasteiger partial charge in [-0.25, -0.2) is 4.98 Å². The Kier molecular flexibility index (Phi) is 3.56. The van der Waals surface area contributed by atoms with E-state index in [1.54, 1.807) is 7.11 Å². The van der Waals surface area contributed by atoms with Crippen LogP contribution < -0.4 is 15.0 Å². The normalized spacial score (nSPS) is 19.5. The number of nitrogens with one attached hydrogen (secondary N) is 1. The van der Waals surface area contributed by atoms with Gasteiger partial charge in [-0.3, -0.25) is 0 Å². The van der Waals surface area contributed by atoms with Gasteiger partial charge in [0.15, 0.2) is 0 Å². The highest BCUT2D eigenvalue weighted by Gasteiger charge is 2.21. The van der Waals surface area contributed by atoms with E-state index < -0.39 is 0 Å². The molecule has 2 aliphatic heterocycles. The van der Waals surface area contributed by atoms with Crippen molar-refractivity contribution in [2.24, 2.45) is 0 Å². The maximum atomic E-state index is 5.42. The molecule has 1 fully saturated rings. The summed E-state index contributed by atoms with van der Waals surface area (Å²) in [4.78, 5) is 11.6. The summed E-state index contributed by atoms with van der Waals surface area (Å²) >= 11 is 1.99. The van der Waals surface area contributed by atoms with Crippen LogP contribution in [0.4, 0.5) is 5.95 Å². The number of aromatic nitrogens is 2. The molecular weight excluding hydrogens is 248 g/mol. The Labute approximate surface area is 111 Å². The standard InChI is InChI=1S/C12H18N4OS/c1-17-11-9-8-13-3-2-10(9)14-12(15-11)16-4-6-18-7-5-16/h13H,2-8H2,1H3. The summed E-state index contributed by atoms with van der Waals surface area (Å²) in [7, 11) is 1.69. The maximum absolute atomic E-state index is 5.42. The second kappa shape index (κ2) is 5.32. The van der Waals surface area contributed by atoms with Gasteiger partial charge in [-0.1, -0.05) is 0 Å². The molecule has 1 N–H and O–H groups in total. The second-order valence-electron chi connectivity index (χ2n) is 4.48. The molecule has 0 unspecified atom stereocenters. The predicted octanol–water partition coefficient (Wildman–Crippen LogP) is 0.684. The molecule has 1 aromatic heterocycles. The van der Waals surface area contributed by atoms with Crippen molar-refractivity contribution in [2.45, 2.75) is 13.0 Å². The topological polar surface area (TPSA) is 50.3 Å². The van der Waals surface area contributed by atoms with Crippen LogP contribution in [0.2, 0.25) is 0 Å². The molecule has 0 bridgehead atoms. The Morgan fingerprint density at radius 1 is 1.28 bits per heavy atom. The van der Waals surface area contributed by atoms with Crippen LogP contribution in [-0.4, -0.2) is 48.2 Å². The van der Waals surface area contributed by atoms with Crippen LogP contribution in [0.5, 0.6) is 5.88 Å². The zero-order valence-electron chi connectivity index (χ0n) is 10.6. The first-order chi connectivity index (χ1) is 8.88. The minimum atomic E-state index is 0.737. The number of hydrogen-bond donors (Lipinski definition) is 1. The summed E-state index contributed by atoms with van der Waals surface area (Å²) in [5, 5.41) is 3.34. The van der Waals surface area contributed by atoms with Crippen LogP contribution in [0.3, 0.4) is 0 Å². The van der Waals surface area contributed by atoms with Crippen LogP contribution in [0.25, 0.3) is 0 Å². The highest BCUT2D eigenvalue weighted by molar-refractivity contribution is 7.99. The number of anilines is 1. The van der Waals surface area contributed by atoms with Crippen LogP contribution in [0.1, 0.15) is 11.3 Å². The van der Waals surface area contributed by atoms with Gasteiger partial charge in [-0.05, 0) is 0 Å². The van der Waals surface area contributed by atoms with Crippen molar-refractivity contribution in [3.8, 4) is 5.88 Å². The van der Waals surface area contributed by atoms with Gasteiger partial charge < -0.3 is 15.0 Å². The Balaban J connectivity index is 1.94. The van der Waals surface area contributed by atoms with Gasteiger partial charge in [-0.15, -0.1) is 0 Å². The van der Waals surface area contributed by atoms with Crippen molar-refractivity contribution in [1.82, 2.24) is 15.3 Å². The lowest BCUT2D eigenvalue weighted by atomic mass is 10.1. The molecule has 6 heteroatoms. The Bertz CT molecular complexity index is 417. The molecule has 18 heavy (non-hydrogen) atoms. The van der Waals surface area contributed by atoms with Gasteiger partial charge in [-0.2, -0.15) is 16.7 Å². The summed E-state index contributed by atoms with van der Waals surface area (Å²) in [6, 6.07) is 0. The molecule has 1 aromatic rings. The van der Waals surface area contributed by atoms with Crippen molar-refractivity contribution in [3.63, 3.8) is 0 Å². The van der Waals surface area contributed by atoms with Crippen molar-refractivity contribution < 1.29 is 4.74 Å². The van der Waals surface area contributed by atoms with E-state index in [4.69, 9.17) is 9.72 Å². The summed E-state index contributed by atoms with van der Waals surface area (Å²) in [6.07, 6.45) is 0.962. The van der Waals surface area contributed by atoms with E-state index >= 15 is 0 Å². The van der Waals surface area contributed by atoms with E-state index in [9.17, 15) is 0 Å². The van der Waals surface area contributed by atoms with Crippen molar-refractivity contribution in [2.75, 3.05) is 43.1 Å². The van der Waals surface area contributed by atoms with Gasteiger partial charge in [0.2, 0.25) is 11.8 Å². The first-order valence-electron chi connectivity index (χ1n) is 6.35. The van der Waals surface area contributed by atoms with Crippen molar-refractivity contribution in [1.29, 1.82) is 0 Å². The van der Waals surface area contributed by atoms with Crippen molar-refractivity contribution >= 4 is 17.7 Å². The number of fused-ring (bicyclic) bond motifs is 1. The number of hydrogen-bond acceptors (Lipinski definition) is 6. The van der Waals surface area contributed by atoms with Gasteiger partial charge in [0, 0.05) is 49.7 Å². The molecule has 1 saturated heterocycles. The third-order valence-electron chi connectivity index (χ3n) is 3.37. The van der Waals surface area contributed by atoms with Crippen LogP contribution >= 0.6 is 11.8 Å². The maximum Gasteiger partial charge on any atom is 0.228 e. The molecule has 0 aromatic carbocycles. The number of thioether (sulfide) groups is 1. The first kappa shape index (κ1) is 12.0. The smallest absolute Gasteiger partial charge is 0.228 e. The molecule has 0 radical (unpaired) electrons. The van der Waals surface area contributed by atoms with E-state index in [2.05, 4.69) is 15.2 Å². The van der Waals surface area contributed by atoms with Gasteiger partial charge in [0.05, 0.1) is 12.8 Å². The van der Waals surface area contributed by atoms with E-state index in [0.717, 1.165) is 67.2 Å². The number of rotatable bonds is 2. The zero-order valence-corrected chi connectivity index (χ0v) is 11.4. The lowest BCUT2D eigenvalue weighted by Gasteiger charge is -2.28. The predicted molar refractivity (Wildman–Crippen MR) is 73.5 cm³/mol. The molecule has 98 valence electrons. The monoisotopic (exact) mass is 266 g/mol. The molecule has 5 nitrogen and oxygen atoms in total. The van der Waals surface area contributed by atoms with E-state index in [1.807, 2.05) is 11.8 Å². The number of ether oxygens (including phenoxy) is 1. The summed E-state index contributed by atoms with van der Waals surface area (Å²) in [6.45, 7) is 3.87. The summed E-state index contributed by atoms with van der Waals surface area (Å²) in [5.41, 5.74) is 2.27. The molecule has 0 atom stereocenters. The fraction of sp³-hybridized carbons (Fsp3) is 0.667. The average Bonchev–Trinajstić information content (AvgIpc) is 2.47. The second-order valence-corrected chi connectivity index (χ2v) is 5.71. The fourth-order valence-electron chi connectivity index (χ4n) is 2.37. The number of nitrogens with zero attached hydrogens (tertiary/aromatic N) is 3. The van der Waals surface area contributed by atoms with E-state index in [-0.39, 0.29) is 0 Å². The number of methoxy groups -OCH3 is 1. The average molecular weight is 266 g/mol. The fourth-order valence-corrected chi connectivity index (χ4v) is 3.28. The minimum absolute atomic E-state index is 0.737. The van der Waals surface area contributed by atoms with E-state index in [1.165, 1.54) is 0 Å². The molecule has 3 rings (SSSR count). The quantitative estimate of drug-likeness (QED) is 0.850. The largest absolute Gasteiger partial charge is 0.481 e. The summed E-state index contributed by atoms with van der Waals surface area (Å²) in [5.74, 6) is 3.89. The first-order valence-corrected chi connectivity index (χ1v) is 7.51. The molecule has 0 spiro atoms. The molecule has 0 aliphatic carbocycles. The summed E-state index contributed by atoms with van der Waals surface area (Å²) < 4.78 is 5.42. The highest BCUT2D eigenvalue weighted by Crippen LogP contribution is 2.25. The molecule has 0 saturated carbocycles. The molecule has 3 heterocycles. The lowest BCUT2D eigenvalue weighted by Crippen LogP contribution is -2.35. The van der Waals surface area contributed by atoms with Crippen LogP contribution in [-0.2, 0) is 13.0 Å². The molecular formula is C12H18N4OS. The van der Waals surface area contributed by atoms with Crippen molar-refractivity contribution in [3.05, 3.63) is 11.3 Å². The van der Waals surface area contributed by atoms with Crippen LogP contribution in [0.15, 0.2) is 0 Å². The zero-order chi connectivity index (χ0) is 12.4. The van der Waals surface area contributed by atoms with Gasteiger partial charge >= 0.3 is 0 Å². The Morgan fingerprint density at radius 2 is 2.11 bits per heavy atom.